The van der Waals surface area contributed by atoms with E-state index >= 15 is 0 Å². The van der Waals surface area contributed by atoms with Crippen molar-refractivity contribution in [2.24, 2.45) is 0 Å². The second-order valence-electron chi connectivity index (χ2n) is 2.69. The first kappa shape index (κ1) is 10.4. The highest BCUT2D eigenvalue weighted by Gasteiger charge is 1.96. The van der Waals surface area contributed by atoms with E-state index in [0.29, 0.717) is 5.75 Å². The van der Waals surface area contributed by atoms with E-state index < -0.39 is 0 Å². The molecule has 0 bridgehead atoms. The zero-order valence-electron chi connectivity index (χ0n) is 7.90. The summed E-state index contributed by atoms with van der Waals surface area (Å²) in [6.45, 7) is 1.84. The van der Waals surface area contributed by atoms with E-state index in [2.05, 4.69) is 4.74 Å². The van der Waals surface area contributed by atoms with Gasteiger partial charge in [0.15, 0.2) is 0 Å². The number of carbonyl (C=O) groups is 1. The fourth-order valence-electron chi connectivity index (χ4n) is 0.918. The molecule has 0 aliphatic heterocycles. The van der Waals surface area contributed by atoms with Gasteiger partial charge >= 0.3 is 5.97 Å². The molecule has 1 N–H and O–H groups in total. The maximum absolute atomic E-state index is 10.4. The van der Waals surface area contributed by atoms with Crippen molar-refractivity contribution in [2.75, 3.05) is 13.2 Å². The van der Waals surface area contributed by atoms with Crippen molar-refractivity contribution in [1.29, 1.82) is 0 Å². The summed E-state index contributed by atoms with van der Waals surface area (Å²) >= 11 is 0. The van der Waals surface area contributed by atoms with E-state index in [9.17, 15) is 4.79 Å². The van der Waals surface area contributed by atoms with Crippen LogP contribution in [-0.2, 0) is 9.53 Å². The van der Waals surface area contributed by atoms with E-state index in [1.807, 2.05) is 0 Å². The van der Waals surface area contributed by atoms with Gasteiger partial charge in [0.1, 0.15) is 24.7 Å². The Morgan fingerprint density at radius 3 is 2.86 bits per heavy atom. The summed E-state index contributed by atoms with van der Waals surface area (Å²) < 4.78 is 9.87. The third-order valence-electron chi connectivity index (χ3n) is 1.48. The fraction of sp³-hybridized carbons (Fsp3) is 0.300. The second-order valence-corrected chi connectivity index (χ2v) is 2.69. The third-order valence-corrected chi connectivity index (χ3v) is 1.48. The highest BCUT2D eigenvalue weighted by Crippen LogP contribution is 2.17. The molecule has 1 aromatic rings. The molecule has 0 heterocycles. The molecule has 4 heteroatoms. The van der Waals surface area contributed by atoms with Crippen molar-refractivity contribution < 1.29 is 19.4 Å². The average molecular weight is 196 g/mol. The first-order valence-electron chi connectivity index (χ1n) is 4.23. The number of hydrogen-bond acceptors (Lipinski definition) is 4. The molecular formula is C10H12O4. The maximum Gasteiger partial charge on any atom is 0.302 e. The molecule has 0 atom stereocenters. The maximum atomic E-state index is 10.4. The lowest BCUT2D eigenvalue weighted by molar-refractivity contribution is -0.141. The number of ether oxygens (including phenoxy) is 2. The molecule has 0 aliphatic rings. The second kappa shape index (κ2) is 5.11. The highest BCUT2D eigenvalue weighted by molar-refractivity contribution is 5.65. The Balaban J connectivity index is 2.28. The van der Waals surface area contributed by atoms with E-state index in [4.69, 9.17) is 9.84 Å². The summed E-state index contributed by atoms with van der Waals surface area (Å²) in [4.78, 5) is 10.4. The van der Waals surface area contributed by atoms with Crippen LogP contribution in [0.1, 0.15) is 6.92 Å². The Bertz CT molecular complexity index is 309. The van der Waals surface area contributed by atoms with Gasteiger partial charge in [0.05, 0.1) is 0 Å². The summed E-state index contributed by atoms with van der Waals surface area (Å²) in [7, 11) is 0. The molecule has 0 aromatic heterocycles. The first-order chi connectivity index (χ1) is 6.68. The Hall–Kier alpha value is -1.71. The summed E-state index contributed by atoms with van der Waals surface area (Å²) in [5.41, 5.74) is 0. The van der Waals surface area contributed by atoms with Crippen LogP contribution in [0, 0.1) is 0 Å². The minimum Gasteiger partial charge on any atom is -0.508 e. The molecule has 0 aliphatic carbocycles. The Morgan fingerprint density at radius 2 is 2.21 bits per heavy atom. The largest absolute Gasteiger partial charge is 0.508 e. The molecule has 76 valence electrons. The molecule has 0 unspecified atom stereocenters. The molecule has 1 aromatic carbocycles. The molecular weight excluding hydrogens is 184 g/mol. The summed E-state index contributed by atoms with van der Waals surface area (Å²) in [5.74, 6) is 0.372. The zero-order chi connectivity index (χ0) is 10.4. The van der Waals surface area contributed by atoms with Crippen molar-refractivity contribution >= 4 is 5.97 Å². The van der Waals surface area contributed by atoms with Crippen LogP contribution in [0.4, 0.5) is 0 Å². The van der Waals surface area contributed by atoms with Gasteiger partial charge in [-0.25, -0.2) is 0 Å². The summed E-state index contributed by atoms with van der Waals surface area (Å²) in [6, 6.07) is 6.44. The van der Waals surface area contributed by atoms with Crippen LogP contribution >= 0.6 is 0 Å². The molecule has 0 amide bonds. The van der Waals surface area contributed by atoms with Crippen LogP contribution in [0.15, 0.2) is 24.3 Å². The summed E-state index contributed by atoms with van der Waals surface area (Å²) in [5, 5.41) is 9.09. The quantitative estimate of drug-likeness (QED) is 0.583. The predicted molar refractivity (Wildman–Crippen MR) is 50.2 cm³/mol. The molecule has 0 fully saturated rings. The smallest absolute Gasteiger partial charge is 0.302 e. The minimum absolute atomic E-state index is 0.148. The van der Waals surface area contributed by atoms with Gasteiger partial charge in [-0.1, -0.05) is 6.07 Å². The van der Waals surface area contributed by atoms with Gasteiger partial charge in [-0.15, -0.1) is 0 Å². The van der Waals surface area contributed by atoms with Crippen LogP contribution in [-0.4, -0.2) is 24.3 Å². The van der Waals surface area contributed by atoms with E-state index in [1.165, 1.54) is 13.0 Å². The van der Waals surface area contributed by atoms with Crippen LogP contribution in [0.25, 0.3) is 0 Å². The Labute approximate surface area is 82.1 Å². The molecule has 4 nitrogen and oxygen atoms in total. The predicted octanol–water partition coefficient (Wildman–Crippen LogP) is 1.33. The number of phenolic OH excluding ortho intramolecular Hbond substituents is 1. The van der Waals surface area contributed by atoms with Gasteiger partial charge in [0.25, 0.3) is 0 Å². The van der Waals surface area contributed by atoms with Gasteiger partial charge in [-0.3, -0.25) is 4.79 Å². The molecule has 0 saturated carbocycles. The number of hydrogen-bond donors (Lipinski definition) is 1. The molecule has 1 rings (SSSR count). The third kappa shape index (κ3) is 3.80. The number of carbonyl (C=O) groups excluding carboxylic acids is 1. The van der Waals surface area contributed by atoms with Crippen LogP contribution in [0.2, 0.25) is 0 Å². The van der Waals surface area contributed by atoms with Crippen molar-refractivity contribution in [3.8, 4) is 11.5 Å². The molecule has 0 saturated heterocycles. The average Bonchev–Trinajstić information content (AvgIpc) is 2.12. The van der Waals surface area contributed by atoms with Gasteiger partial charge in [0, 0.05) is 13.0 Å². The zero-order valence-corrected chi connectivity index (χ0v) is 7.90. The van der Waals surface area contributed by atoms with Crippen molar-refractivity contribution in [1.82, 2.24) is 0 Å². The van der Waals surface area contributed by atoms with Gasteiger partial charge in [-0.05, 0) is 12.1 Å². The fourth-order valence-corrected chi connectivity index (χ4v) is 0.918. The number of benzene rings is 1. The topological polar surface area (TPSA) is 55.8 Å². The van der Waals surface area contributed by atoms with E-state index in [0.717, 1.165) is 0 Å². The standard InChI is InChI=1S/C10H12O4/c1-8(11)13-5-6-14-10-4-2-3-9(12)7-10/h2-4,7,12H,5-6H2,1H3. The van der Waals surface area contributed by atoms with Crippen LogP contribution in [0.5, 0.6) is 11.5 Å². The van der Waals surface area contributed by atoms with E-state index in [-0.39, 0.29) is 24.9 Å². The Morgan fingerprint density at radius 1 is 1.43 bits per heavy atom. The number of aromatic hydroxyl groups is 1. The number of esters is 1. The lowest BCUT2D eigenvalue weighted by Crippen LogP contribution is -2.09. The van der Waals surface area contributed by atoms with E-state index in [1.54, 1.807) is 18.2 Å². The molecule has 14 heavy (non-hydrogen) atoms. The lowest BCUT2D eigenvalue weighted by Gasteiger charge is -2.05. The van der Waals surface area contributed by atoms with Gasteiger partial charge in [0.2, 0.25) is 0 Å². The SMILES string of the molecule is CC(=O)OCCOc1cccc(O)c1. The summed E-state index contributed by atoms with van der Waals surface area (Å²) in [6.07, 6.45) is 0. The lowest BCUT2D eigenvalue weighted by atomic mass is 10.3. The normalized spacial score (nSPS) is 9.50. The van der Waals surface area contributed by atoms with Gasteiger partial charge < -0.3 is 14.6 Å². The van der Waals surface area contributed by atoms with Gasteiger partial charge in [-0.2, -0.15) is 0 Å². The van der Waals surface area contributed by atoms with Crippen LogP contribution in [0.3, 0.4) is 0 Å². The highest BCUT2D eigenvalue weighted by atomic mass is 16.6. The molecule has 0 radical (unpaired) electrons. The van der Waals surface area contributed by atoms with Crippen molar-refractivity contribution in [3.63, 3.8) is 0 Å². The minimum atomic E-state index is -0.329. The molecule has 0 spiro atoms. The number of rotatable bonds is 4. The Kier molecular flexibility index (Phi) is 3.79. The van der Waals surface area contributed by atoms with Crippen LogP contribution < -0.4 is 4.74 Å². The monoisotopic (exact) mass is 196 g/mol. The first-order valence-corrected chi connectivity index (χ1v) is 4.23. The van der Waals surface area contributed by atoms with Crippen molar-refractivity contribution in [2.45, 2.75) is 6.92 Å². The van der Waals surface area contributed by atoms with Crippen molar-refractivity contribution in [3.05, 3.63) is 24.3 Å². The number of phenols is 1.